The van der Waals surface area contributed by atoms with Crippen molar-refractivity contribution in [3.05, 3.63) is 29.8 Å². The molecule has 0 amide bonds. The lowest BCUT2D eigenvalue weighted by Crippen LogP contribution is -2.28. The fraction of sp³-hybridized carbons (Fsp3) is 0.650. The molecule has 2 aliphatic heterocycles. The molecule has 1 aromatic rings. The Balaban J connectivity index is 1.46. The van der Waals surface area contributed by atoms with E-state index in [1.54, 1.807) is 7.11 Å². The van der Waals surface area contributed by atoms with E-state index < -0.39 is 0 Å². The first-order valence-electron chi connectivity index (χ1n) is 9.47. The van der Waals surface area contributed by atoms with Crippen molar-refractivity contribution in [2.24, 2.45) is 0 Å². The van der Waals surface area contributed by atoms with Gasteiger partial charge in [-0.15, -0.1) is 0 Å². The molecule has 6 nitrogen and oxygen atoms in total. The number of nitriles is 1. The van der Waals surface area contributed by atoms with Crippen LogP contribution in [0, 0.1) is 11.3 Å². The molecule has 2 fully saturated rings. The zero-order valence-electron chi connectivity index (χ0n) is 15.4. The molecular weight excluding hydrogens is 332 g/mol. The van der Waals surface area contributed by atoms with Gasteiger partial charge in [0.2, 0.25) is 0 Å². The average Bonchev–Trinajstić information content (AvgIpc) is 3.08. The number of nitrogens with zero attached hydrogens (tertiary/aromatic N) is 2. The van der Waals surface area contributed by atoms with Crippen LogP contribution in [-0.4, -0.2) is 43.8 Å². The van der Waals surface area contributed by atoms with Crippen LogP contribution in [0.15, 0.2) is 24.3 Å². The van der Waals surface area contributed by atoms with Gasteiger partial charge in [-0.3, -0.25) is 4.84 Å². The van der Waals surface area contributed by atoms with Crippen molar-refractivity contribution in [3.63, 3.8) is 0 Å². The molecule has 2 saturated heterocycles. The number of rotatable bonds is 8. The summed E-state index contributed by atoms with van der Waals surface area (Å²) in [5.41, 5.74) is 1.14. The Labute approximate surface area is 155 Å². The molecule has 0 saturated carbocycles. The number of ether oxygens (including phenoxy) is 3. The lowest BCUT2D eigenvalue weighted by Gasteiger charge is -2.24. The average molecular weight is 360 g/mol. The highest BCUT2D eigenvalue weighted by atomic mass is 16.7. The molecular formula is C20H28N2O4. The molecule has 0 aliphatic carbocycles. The van der Waals surface area contributed by atoms with Gasteiger partial charge in [-0.2, -0.15) is 10.3 Å². The van der Waals surface area contributed by atoms with Gasteiger partial charge in [-0.05, 0) is 49.8 Å². The Morgan fingerprint density at radius 2 is 2.12 bits per heavy atom. The van der Waals surface area contributed by atoms with Gasteiger partial charge in [0.1, 0.15) is 5.75 Å². The molecule has 3 unspecified atom stereocenters. The molecule has 6 heteroatoms. The summed E-state index contributed by atoms with van der Waals surface area (Å²) in [6, 6.07) is 10.4. The third-order valence-electron chi connectivity index (χ3n) is 4.92. The minimum absolute atomic E-state index is 0.0363. The van der Waals surface area contributed by atoms with Crippen LogP contribution in [0.3, 0.4) is 0 Å². The van der Waals surface area contributed by atoms with Gasteiger partial charge in [0.05, 0.1) is 13.2 Å². The van der Waals surface area contributed by atoms with Gasteiger partial charge in [0, 0.05) is 32.2 Å². The number of hydrogen-bond donors (Lipinski definition) is 0. The summed E-state index contributed by atoms with van der Waals surface area (Å²) in [5.74, 6) is 0.838. The van der Waals surface area contributed by atoms with E-state index in [0.29, 0.717) is 13.2 Å². The summed E-state index contributed by atoms with van der Waals surface area (Å²) in [5, 5.41) is 11.2. The van der Waals surface area contributed by atoms with E-state index in [0.717, 1.165) is 50.0 Å². The summed E-state index contributed by atoms with van der Waals surface area (Å²) < 4.78 is 16.6. The van der Waals surface area contributed by atoms with E-state index in [1.165, 1.54) is 6.42 Å². The summed E-state index contributed by atoms with van der Waals surface area (Å²) in [6.07, 6.45) is 5.54. The van der Waals surface area contributed by atoms with E-state index in [2.05, 4.69) is 6.07 Å². The first kappa shape index (κ1) is 19.1. The third-order valence-corrected chi connectivity index (χ3v) is 4.92. The molecule has 0 aromatic heterocycles. The van der Waals surface area contributed by atoms with Gasteiger partial charge in [0.25, 0.3) is 0 Å². The van der Waals surface area contributed by atoms with Gasteiger partial charge < -0.3 is 14.2 Å². The number of methoxy groups -OCH3 is 1. The largest absolute Gasteiger partial charge is 0.497 e. The smallest absolute Gasteiger partial charge is 0.167 e. The Kier molecular flexibility index (Phi) is 7.27. The van der Waals surface area contributed by atoms with Crippen molar-refractivity contribution in [2.45, 2.75) is 63.5 Å². The maximum absolute atomic E-state index is 9.22. The molecule has 0 spiro atoms. The fourth-order valence-electron chi connectivity index (χ4n) is 3.45. The lowest BCUT2D eigenvalue weighted by molar-refractivity contribution is -0.168. The quantitative estimate of drug-likeness (QED) is 0.662. The van der Waals surface area contributed by atoms with Crippen LogP contribution >= 0.6 is 0 Å². The highest BCUT2D eigenvalue weighted by molar-refractivity contribution is 5.27. The molecule has 3 rings (SSSR count). The molecule has 0 radical (unpaired) electrons. The Morgan fingerprint density at radius 1 is 1.27 bits per heavy atom. The first-order valence-corrected chi connectivity index (χ1v) is 9.47. The standard InChI is InChI=1S/C20H28N2O4/c1-23-18-9-7-16(8-10-18)15-22-17(13-19(14-21)26-22)5-4-12-25-20-6-2-3-11-24-20/h7-10,17,19-20H,2-6,11-13,15H2,1H3. The first-order chi connectivity index (χ1) is 12.8. The molecule has 2 aliphatic rings. The normalized spacial score (nSPS) is 26.5. The van der Waals surface area contributed by atoms with Crippen molar-refractivity contribution < 1.29 is 19.0 Å². The highest BCUT2D eigenvalue weighted by Gasteiger charge is 2.33. The summed E-state index contributed by atoms with van der Waals surface area (Å²) in [6.45, 7) is 2.16. The molecule has 1 aromatic carbocycles. The maximum atomic E-state index is 9.22. The molecule has 3 atom stereocenters. The van der Waals surface area contributed by atoms with Gasteiger partial charge in [0.15, 0.2) is 12.4 Å². The number of hydroxylamine groups is 2. The Bertz CT molecular complexity index is 580. The van der Waals surface area contributed by atoms with E-state index in [1.807, 2.05) is 29.3 Å². The molecule has 0 bridgehead atoms. The minimum atomic E-state index is -0.360. The van der Waals surface area contributed by atoms with Crippen molar-refractivity contribution >= 4 is 0 Å². The Morgan fingerprint density at radius 3 is 2.81 bits per heavy atom. The topological polar surface area (TPSA) is 64.0 Å². The van der Waals surface area contributed by atoms with Crippen LogP contribution in [-0.2, 0) is 20.9 Å². The van der Waals surface area contributed by atoms with Crippen LogP contribution in [0.5, 0.6) is 5.75 Å². The Hall–Kier alpha value is -1.65. The van der Waals surface area contributed by atoms with Crippen LogP contribution in [0.2, 0.25) is 0 Å². The molecule has 26 heavy (non-hydrogen) atoms. The third kappa shape index (κ3) is 5.42. The summed E-state index contributed by atoms with van der Waals surface area (Å²) >= 11 is 0. The van der Waals surface area contributed by atoms with E-state index in [-0.39, 0.29) is 18.4 Å². The van der Waals surface area contributed by atoms with Crippen LogP contribution in [0.1, 0.15) is 44.1 Å². The van der Waals surface area contributed by atoms with E-state index in [9.17, 15) is 5.26 Å². The van der Waals surface area contributed by atoms with Crippen molar-refractivity contribution in [1.29, 1.82) is 5.26 Å². The van der Waals surface area contributed by atoms with Gasteiger partial charge >= 0.3 is 0 Å². The van der Waals surface area contributed by atoms with Gasteiger partial charge in [-0.1, -0.05) is 12.1 Å². The van der Waals surface area contributed by atoms with Crippen LogP contribution in [0.25, 0.3) is 0 Å². The summed E-state index contributed by atoms with van der Waals surface area (Å²) in [7, 11) is 1.66. The van der Waals surface area contributed by atoms with Crippen molar-refractivity contribution in [3.8, 4) is 11.8 Å². The lowest BCUT2D eigenvalue weighted by atomic mass is 10.1. The predicted octanol–water partition coefficient (Wildman–Crippen LogP) is 3.42. The van der Waals surface area contributed by atoms with Crippen LogP contribution in [0.4, 0.5) is 0 Å². The van der Waals surface area contributed by atoms with E-state index >= 15 is 0 Å². The fourth-order valence-corrected chi connectivity index (χ4v) is 3.45. The number of hydrogen-bond acceptors (Lipinski definition) is 6. The second-order valence-corrected chi connectivity index (χ2v) is 6.85. The van der Waals surface area contributed by atoms with E-state index in [4.69, 9.17) is 19.0 Å². The SMILES string of the molecule is COc1ccc(CN2OC(C#N)CC2CCCOC2CCCCO2)cc1. The molecule has 142 valence electrons. The predicted molar refractivity (Wildman–Crippen MR) is 96.2 cm³/mol. The second-order valence-electron chi connectivity index (χ2n) is 6.85. The van der Waals surface area contributed by atoms with Crippen molar-refractivity contribution in [2.75, 3.05) is 20.3 Å². The minimum Gasteiger partial charge on any atom is -0.497 e. The molecule has 2 heterocycles. The second kappa shape index (κ2) is 9.89. The molecule has 0 N–H and O–H groups in total. The summed E-state index contributed by atoms with van der Waals surface area (Å²) in [4.78, 5) is 5.81. The maximum Gasteiger partial charge on any atom is 0.167 e. The zero-order valence-corrected chi connectivity index (χ0v) is 15.4. The van der Waals surface area contributed by atoms with Crippen LogP contribution < -0.4 is 4.74 Å². The monoisotopic (exact) mass is 360 g/mol. The zero-order chi connectivity index (χ0) is 18.2. The van der Waals surface area contributed by atoms with Gasteiger partial charge in [-0.25, -0.2) is 0 Å². The van der Waals surface area contributed by atoms with Crippen molar-refractivity contribution in [1.82, 2.24) is 5.06 Å². The number of benzene rings is 1. The highest BCUT2D eigenvalue weighted by Crippen LogP contribution is 2.27.